The first kappa shape index (κ1) is 19.5. The SMILES string of the molecule is O=C(Cn1cnc2ccccc2c1=O)OCC(=O)N1CCN(c2ncccn2)CC1. The number of hydrogen-bond acceptors (Lipinski definition) is 8. The summed E-state index contributed by atoms with van der Waals surface area (Å²) in [5.41, 5.74) is 0.227. The van der Waals surface area contributed by atoms with Crippen LogP contribution >= 0.6 is 0 Å². The second-order valence-corrected chi connectivity index (χ2v) is 6.77. The van der Waals surface area contributed by atoms with Gasteiger partial charge in [0.25, 0.3) is 11.5 Å². The maximum absolute atomic E-state index is 12.4. The summed E-state index contributed by atoms with van der Waals surface area (Å²) in [6.45, 7) is 1.51. The van der Waals surface area contributed by atoms with Crippen LogP contribution in [0, 0.1) is 0 Å². The predicted octanol–water partition coefficient (Wildman–Crippen LogP) is 0.0785. The third-order valence-electron chi connectivity index (χ3n) is 4.85. The zero-order chi connectivity index (χ0) is 20.9. The predicted molar refractivity (Wildman–Crippen MR) is 108 cm³/mol. The van der Waals surface area contributed by atoms with Gasteiger partial charge >= 0.3 is 5.97 Å². The van der Waals surface area contributed by atoms with Gasteiger partial charge < -0.3 is 14.5 Å². The Hall–Kier alpha value is -3.82. The third kappa shape index (κ3) is 4.27. The largest absolute Gasteiger partial charge is 0.454 e. The highest BCUT2D eigenvalue weighted by Crippen LogP contribution is 2.10. The lowest BCUT2D eigenvalue weighted by Crippen LogP contribution is -2.50. The molecule has 30 heavy (non-hydrogen) atoms. The normalized spacial score (nSPS) is 14.0. The van der Waals surface area contributed by atoms with Crippen molar-refractivity contribution in [1.29, 1.82) is 0 Å². The fourth-order valence-corrected chi connectivity index (χ4v) is 3.25. The van der Waals surface area contributed by atoms with E-state index in [4.69, 9.17) is 4.74 Å². The van der Waals surface area contributed by atoms with E-state index in [1.54, 1.807) is 47.6 Å². The first-order valence-corrected chi connectivity index (χ1v) is 9.51. The lowest BCUT2D eigenvalue weighted by molar-refractivity contribution is -0.152. The summed E-state index contributed by atoms with van der Waals surface area (Å²) >= 11 is 0. The Kier molecular flexibility index (Phi) is 5.64. The van der Waals surface area contributed by atoms with E-state index in [2.05, 4.69) is 15.0 Å². The summed E-state index contributed by atoms with van der Waals surface area (Å²) in [6.07, 6.45) is 4.66. The van der Waals surface area contributed by atoms with Crippen molar-refractivity contribution in [3.63, 3.8) is 0 Å². The number of para-hydroxylation sites is 1. The maximum Gasteiger partial charge on any atom is 0.326 e. The van der Waals surface area contributed by atoms with Crippen LogP contribution in [-0.2, 0) is 20.9 Å². The Morgan fingerprint density at radius 2 is 1.70 bits per heavy atom. The second-order valence-electron chi connectivity index (χ2n) is 6.77. The molecule has 1 aromatic carbocycles. The zero-order valence-corrected chi connectivity index (χ0v) is 16.2. The van der Waals surface area contributed by atoms with Crippen molar-refractivity contribution in [3.05, 3.63) is 59.4 Å². The van der Waals surface area contributed by atoms with Crippen LogP contribution in [0.1, 0.15) is 0 Å². The number of hydrogen-bond donors (Lipinski definition) is 0. The molecule has 3 heterocycles. The van der Waals surface area contributed by atoms with E-state index in [0.29, 0.717) is 43.0 Å². The molecule has 0 aliphatic carbocycles. The fraction of sp³-hybridized carbons (Fsp3) is 0.300. The Balaban J connectivity index is 1.28. The molecule has 0 radical (unpaired) electrons. The van der Waals surface area contributed by atoms with Gasteiger partial charge in [-0.1, -0.05) is 12.1 Å². The minimum absolute atomic E-state index is 0.277. The number of benzene rings is 1. The lowest BCUT2D eigenvalue weighted by atomic mass is 10.2. The third-order valence-corrected chi connectivity index (χ3v) is 4.85. The van der Waals surface area contributed by atoms with E-state index in [1.165, 1.54) is 10.9 Å². The monoisotopic (exact) mass is 408 g/mol. The van der Waals surface area contributed by atoms with Crippen LogP contribution in [0.2, 0.25) is 0 Å². The van der Waals surface area contributed by atoms with E-state index < -0.39 is 5.97 Å². The van der Waals surface area contributed by atoms with Crippen LogP contribution in [0.4, 0.5) is 5.95 Å². The van der Waals surface area contributed by atoms with Gasteiger partial charge in [0, 0.05) is 38.6 Å². The second kappa shape index (κ2) is 8.68. The summed E-state index contributed by atoms with van der Waals surface area (Å²) in [6, 6.07) is 8.64. The molecule has 3 aromatic rings. The van der Waals surface area contributed by atoms with Crippen LogP contribution in [0.25, 0.3) is 10.9 Å². The van der Waals surface area contributed by atoms with Crippen molar-refractivity contribution in [1.82, 2.24) is 24.4 Å². The van der Waals surface area contributed by atoms with E-state index in [9.17, 15) is 14.4 Å². The molecule has 4 rings (SSSR count). The van der Waals surface area contributed by atoms with Gasteiger partial charge in [0.05, 0.1) is 17.2 Å². The van der Waals surface area contributed by atoms with Crippen molar-refractivity contribution in [3.8, 4) is 0 Å². The van der Waals surface area contributed by atoms with Gasteiger partial charge in [-0.3, -0.25) is 19.0 Å². The smallest absolute Gasteiger partial charge is 0.326 e. The molecule has 0 N–H and O–H groups in total. The van der Waals surface area contributed by atoms with Crippen molar-refractivity contribution in [2.75, 3.05) is 37.7 Å². The number of nitrogens with zero attached hydrogens (tertiary/aromatic N) is 6. The molecule has 2 aromatic heterocycles. The molecule has 1 aliphatic rings. The average Bonchev–Trinajstić information content (AvgIpc) is 2.80. The van der Waals surface area contributed by atoms with Gasteiger partial charge in [-0.25, -0.2) is 15.0 Å². The van der Waals surface area contributed by atoms with Crippen LogP contribution in [0.5, 0.6) is 0 Å². The zero-order valence-electron chi connectivity index (χ0n) is 16.2. The van der Waals surface area contributed by atoms with Gasteiger partial charge in [0.2, 0.25) is 5.95 Å². The van der Waals surface area contributed by atoms with Gasteiger partial charge in [0.1, 0.15) is 6.54 Å². The number of piperazine rings is 1. The number of fused-ring (bicyclic) bond motifs is 1. The minimum Gasteiger partial charge on any atom is -0.454 e. The number of carbonyl (C=O) groups is 2. The molecule has 1 amide bonds. The van der Waals surface area contributed by atoms with Crippen LogP contribution in [0.15, 0.2) is 53.8 Å². The van der Waals surface area contributed by atoms with Gasteiger partial charge in [-0.05, 0) is 18.2 Å². The summed E-state index contributed by atoms with van der Waals surface area (Å²) in [4.78, 5) is 53.1. The highest BCUT2D eigenvalue weighted by atomic mass is 16.5. The number of rotatable bonds is 5. The molecular weight excluding hydrogens is 388 g/mol. The number of aromatic nitrogens is 4. The number of carbonyl (C=O) groups excluding carboxylic acids is 2. The van der Waals surface area contributed by atoms with E-state index in [0.717, 1.165) is 0 Å². The topological polar surface area (TPSA) is 111 Å². The van der Waals surface area contributed by atoms with Gasteiger partial charge in [0.15, 0.2) is 6.61 Å². The van der Waals surface area contributed by atoms with Crippen molar-refractivity contribution in [2.45, 2.75) is 6.54 Å². The quantitative estimate of drug-likeness (QED) is 0.546. The standard InChI is InChI=1S/C20H20N6O4/c27-17(24-8-10-25(11-9-24)20-21-6-3-7-22-20)13-30-18(28)12-26-14-23-16-5-2-1-4-15(16)19(26)29/h1-7,14H,8-13H2. The average molecular weight is 408 g/mol. The number of anilines is 1. The Labute approximate surface area is 171 Å². The molecule has 154 valence electrons. The van der Waals surface area contributed by atoms with Gasteiger partial charge in [-0.15, -0.1) is 0 Å². The molecule has 0 spiro atoms. The molecule has 10 heteroatoms. The summed E-state index contributed by atoms with van der Waals surface area (Å²) in [5, 5.41) is 0.421. The first-order chi connectivity index (χ1) is 14.6. The molecule has 1 saturated heterocycles. The number of amides is 1. The lowest BCUT2D eigenvalue weighted by Gasteiger charge is -2.34. The molecule has 0 saturated carbocycles. The maximum atomic E-state index is 12.4. The Morgan fingerprint density at radius 1 is 0.967 bits per heavy atom. The van der Waals surface area contributed by atoms with Crippen LogP contribution in [-0.4, -0.2) is 69.1 Å². The molecule has 0 atom stereocenters. The molecule has 0 bridgehead atoms. The first-order valence-electron chi connectivity index (χ1n) is 9.51. The molecule has 1 aliphatic heterocycles. The van der Waals surface area contributed by atoms with Crippen molar-refractivity contribution >= 4 is 28.7 Å². The Morgan fingerprint density at radius 3 is 2.47 bits per heavy atom. The number of ether oxygens (including phenoxy) is 1. The summed E-state index contributed by atoms with van der Waals surface area (Å²) in [5.74, 6) is -0.315. The fourth-order valence-electron chi connectivity index (χ4n) is 3.25. The highest BCUT2D eigenvalue weighted by Gasteiger charge is 2.23. The van der Waals surface area contributed by atoms with Crippen molar-refractivity contribution < 1.29 is 14.3 Å². The van der Waals surface area contributed by atoms with E-state index in [-0.39, 0.29) is 24.6 Å². The molecule has 1 fully saturated rings. The van der Waals surface area contributed by atoms with Crippen LogP contribution in [0.3, 0.4) is 0 Å². The minimum atomic E-state index is -0.668. The number of esters is 1. The molecule has 0 unspecified atom stereocenters. The van der Waals surface area contributed by atoms with Gasteiger partial charge in [-0.2, -0.15) is 0 Å². The summed E-state index contributed by atoms with van der Waals surface area (Å²) < 4.78 is 6.26. The van der Waals surface area contributed by atoms with Crippen molar-refractivity contribution in [2.24, 2.45) is 0 Å². The summed E-state index contributed by atoms with van der Waals surface area (Å²) in [7, 11) is 0. The van der Waals surface area contributed by atoms with Crippen LogP contribution < -0.4 is 10.5 Å². The highest BCUT2D eigenvalue weighted by molar-refractivity contribution is 5.81. The molecular formula is C20H20N6O4. The van der Waals surface area contributed by atoms with E-state index in [1.807, 2.05) is 4.90 Å². The molecule has 10 nitrogen and oxygen atoms in total. The Bertz CT molecular complexity index is 1110. The van der Waals surface area contributed by atoms with E-state index >= 15 is 0 Å².